The topological polar surface area (TPSA) is 46.4 Å². The average molecular weight is 596 g/mol. The molecule has 172 valence electrons. The average Bonchev–Trinajstić information content (AvgIpc) is 2.73. The molecule has 0 heterocycles. The van der Waals surface area contributed by atoms with E-state index in [0.29, 0.717) is 17.6 Å². The summed E-state index contributed by atoms with van der Waals surface area (Å²) in [6.07, 6.45) is 4.38. The maximum Gasteiger partial charge on any atom is 0.534 e. The van der Waals surface area contributed by atoms with Gasteiger partial charge in [0.2, 0.25) is 5.71 Å². The number of benzene rings is 2. The minimum absolute atomic E-state index is 0.179. The summed E-state index contributed by atoms with van der Waals surface area (Å²) in [4.78, 5) is 0. The SMILES string of the molecule is CC[N+](CC)=C(/C=C/C=C(/OS(=O)(=O)C(F)(F)F)c1ccc(Br)cc1)c1ccc(Br)cc1. The molecule has 0 amide bonds. The van der Waals surface area contributed by atoms with Gasteiger partial charge in [-0.25, -0.2) is 4.58 Å². The van der Waals surface area contributed by atoms with E-state index in [1.807, 2.05) is 38.1 Å². The first-order valence-corrected chi connectivity index (χ1v) is 12.5. The molecular formula is C22H21Br2F3NO3S+. The highest BCUT2D eigenvalue weighted by Gasteiger charge is 2.48. The Kier molecular flexibility index (Phi) is 9.29. The minimum atomic E-state index is -5.82. The van der Waals surface area contributed by atoms with Crippen LogP contribution in [-0.2, 0) is 14.3 Å². The molecule has 0 aliphatic rings. The van der Waals surface area contributed by atoms with Gasteiger partial charge in [-0.1, -0.05) is 50.1 Å². The molecule has 32 heavy (non-hydrogen) atoms. The second-order valence-electron chi connectivity index (χ2n) is 6.44. The van der Waals surface area contributed by atoms with Gasteiger partial charge in [0.1, 0.15) is 18.8 Å². The van der Waals surface area contributed by atoms with Gasteiger partial charge >= 0.3 is 15.6 Å². The molecule has 0 spiro atoms. The van der Waals surface area contributed by atoms with Gasteiger partial charge in [0, 0.05) is 26.1 Å². The quantitative estimate of drug-likeness (QED) is 0.0872. The maximum atomic E-state index is 12.9. The van der Waals surface area contributed by atoms with Crippen molar-refractivity contribution in [2.75, 3.05) is 13.1 Å². The zero-order valence-electron chi connectivity index (χ0n) is 17.2. The van der Waals surface area contributed by atoms with Crippen molar-refractivity contribution in [1.29, 1.82) is 0 Å². The Labute approximate surface area is 202 Å². The summed E-state index contributed by atoms with van der Waals surface area (Å²) < 4.78 is 70.0. The third-order valence-corrected chi connectivity index (χ3v) is 6.38. The molecule has 0 N–H and O–H groups in total. The number of alkyl halides is 3. The molecule has 0 atom stereocenters. The van der Waals surface area contributed by atoms with Crippen LogP contribution < -0.4 is 0 Å². The van der Waals surface area contributed by atoms with E-state index in [1.54, 1.807) is 18.2 Å². The van der Waals surface area contributed by atoms with E-state index in [2.05, 4.69) is 40.6 Å². The molecule has 10 heteroatoms. The third kappa shape index (κ3) is 7.05. The minimum Gasteiger partial charge on any atom is -0.375 e. The van der Waals surface area contributed by atoms with Crippen molar-refractivity contribution in [3.05, 3.63) is 86.8 Å². The summed E-state index contributed by atoms with van der Waals surface area (Å²) in [5.41, 5.74) is -3.64. The van der Waals surface area contributed by atoms with Crippen LogP contribution in [0, 0.1) is 0 Å². The van der Waals surface area contributed by atoms with Crippen molar-refractivity contribution in [3.63, 3.8) is 0 Å². The largest absolute Gasteiger partial charge is 0.534 e. The Morgan fingerprint density at radius 3 is 1.84 bits per heavy atom. The van der Waals surface area contributed by atoms with Crippen LogP contribution in [0.15, 0.2) is 75.7 Å². The molecule has 2 aromatic carbocycles. The summed E-state index contributed by atoms with van der Waals surface area (Å²) in [5, 5.41) is 0. The monoisotopic (exact) mass is 594 g/mol. The molecule has 0 fully saturated rings. The Morgan fingerprint density at radius 1 is 0.938 bits per heavy atom. The fourth-order valence-corrected chi connectivity index (χ4v) is 3.76. The summed E-state index contributed by atoms with van der Waals surface area (Å²) in [7, 11) is -5.82. The number of halogens is 5. The standard InChI is InChI=1S/C22H21Br2F3NO3S/c1-3-28(4-2)20(16-8-12-18(23)13-9-16)6-5-7-21(17-10-14-19(24)15-11-17)31-32(29,30)22(25,26)27/h5-15H,3-4H2,1-2H3/q+1/b6-5+,21-7+. The number of rotatable bonds is 8. The predicted octanol–water partition coefficient (Wildman–Crippen LogP) is 6.52. The van der Waals surface area contributed by atoms with Gasteiger partial charge in [0.05, 0.1) is 0 Å². The Morgan fingerprint density at radius 2 is 1.41 bits per heavy atom. The van der Waals surface area contributed by atoms with E-state index < -0.39 is 21.4 Å². The normalized spacial score (nSPS) is 12.8. The Hall–Kier alpha value is -1.91. The lowest BCUT2D eigenvalue weighted by atomic mass is 10.1. The van der Waals surface area contributed by atoms with E-state index in [1.165, 1.54) is 24.3 Å². The Bertz CT molecular complexity index is 1120. The second-order valence-corrected chi connectivity index (χ2v) is 9.81. The van der Waals surface area contributed by atoms with Crippen molar-refractivity contribution in [2.45, 2.75) is 19.4 Å². The lowest BCUT2D eigenvalue weighted by molar-refractivity contribution is -0.519. The molecule has 2 aromatic rings. The van der Waals surface area contributed by atoms with Gasteiger partial charge < -0.3 is 4.18 Å². The first kappa shape index (κ1) is 26.3. The molecular weight excluding hydrogens is 575 g/mol. The number of hydrogen-bond acceptors (Lipinski definition) is 3. The van der Waals surface area contributed by atoms with E-state index in [0.717, 1.165) is 15.7 Å². The molecule has 0 aromatic heterocycles. The van der Waals surface area contributed by atoms with Gasteiger partial charge in [0.25, 0.3) is 0 Å². The molecule has 0 aliphatic carbocycles. The Balaban J connectivity index is 2.53. The van der Waals surface area contributed by atoms with Crippen molar-refractivity contribution in [1.82, 2.24) is 0 Å². The van der Waals surface area contributed by atoms with Crippen molar-refractivity contribution < 1.29 is 30.3 Å². The number of nitrogens with zero attached hydrogens (tertiary/aromatic N) is 1. The summed E-state index contributed by atoms with van der Waals surface area (Å²) in [5.74, 6) is -0.444. The van der Waals surface area contributed by atoms with Crippen LogP contribution in [0.4, 0.5) is 13.2 Å². The van der Waals surface area contributed by atoms with Gasteiger partial charge in [0.15, 0.2) is 0 Å². The lowest BCUT2D eigenvalue weighted by Crippen LogP contribution is -2.25. The van der Waals surface area contributed by atoms with Crippen LogP contribution in [0.5, 0.6) is 0 Å². The van der Waals surface area contributed by atoms with E-state index in [9.17, 15) is 21.6 Å². The molecule has 0 saturated carbocycles. The first-order valence-electron chi connectivity index (χ1n) is 9.51. The molecule has 0 aliphatic heterocycles. The van der Waals surface area contributed by atoms with Crippen molar-refractivity contribution in [2.24, 2.45) is 0 Å². The predicted molar refractivity (Wildman–Crippen MR) is 127 cm³/mol. The maximum absolute atomic E-state index is 12.9. The molecule has 0 saturated heterocycles. The van der Waals surface area contributed by atoms with Crippen LogP contribution in [-0.4, -0.2) is 37.3 Å². The summed E-state index contributed by atoms with van der Waals surface area (Å²) in [6, 6.07) is 13.7. The zero-order valence-corrected chi connectivity index (χ0v) is 21.2. The highest BCUT2D eigenvalue weighted by Crippen LogP contribution is 2.30. The smallest absolute Gasteiger partial charge is 0.375 e. The van der Waals surface area contributed by atoms with Gasteiger partial charge in [-0.2, -0.15) is 21.6 Å². The van der Waals surface area contributed by atoms with Crippen LogP contribution in [0.25, 0.3) is 5.76 Å². The van der Waals surface area contributed by atoms with Gasteiger partial charge in [-0.3, -0.25) is 0 Å². The zero-order chi connectivity index (χ0) is 23.9. The first-order chi connectivity index (χ1) is 15.0. The fraction of sp³-hybridized carbons (Fsp3) is 0.227. The summed E-state index contributed by atoms with van der Waals surface area (Å²) in [6.45, 7) is 5.37. The molecule has 2 rings (SSSR count). The second kappa shape index (κ2) is 11.3. The number of allylic oxidation sites excluding steroid dienone is 3. The van der Waals surface area contributed by atoms with E-state index in [-0.39, 0.29) is 5.56 Å². The highest BCUT2D eigenvalue weighted by atomic mass is 79.9. The lowest BCUT2D eigenvalue weighted by Gasteiger charge is -2.12. The van der Waals surface area contributed by atoms with Gasteiger partial charge in [-0.15, -0.1) is 0 Å². The molecule has 0 unspecified atom stereocenters. The van der Waals surface area contributed by atoms with E-state index in [4.69, 9.17) is 0 Å². The molecule has 4 nitrogen and oxygen atoms in total. The molecule has 0 bridgehead atoms. The van der Waals surface area contributed by atoms with Crippen LogP contribution in [0.3, 0.4) is 0 Å². The van der Waals surface area contributed by atoms with Crippen LogP contribution in [0.1, 0.15) is 25.0 Å². The van der Waals surface area contributed by atoms with Crippen LogP contribution >= 0.6 is 31.9 Å². The third-order valence-electron chi connectivity index (χ3n) is 4.36. The molecule has 0 radical (unpaired) electrons. The van der Waals surface area contributed by atoms with E-state index >= 15 is 0 Å². The van der Waals surface area contributed by atoms with Crippen molar-refractivity contribution in [3.8, 4) is 0 Å². The van der Waals surface area contributed by atoms with Crippen LogP contribution in [0.2, 0.25) is 0 Å². The summed E-state index contributed by atoms with van der Waals surface area (Å²) >= 11 is 6.63. The van der Waals surface area contributed by atoms with Gasteiger partial charge in [-0.05, 0) is 56.3 Å². The fourth-order valence-electron chi connectivity index (χ4n) is 2.75. The van der Waals surface area contributed by atoms with Crippen molar-refractivity contribution >= 4 is 53.4 Å². The number of hydrogen-bond donors (Lipinski definition) is 0. The highest BCUT2D eigenvalue weighted by molar-refractivity contribution is 9.10.